The minimum absolute atomic E-state index is 0. The molecule has 21 heavy (non-hydrogen) atoms. The molecule has 1 aliphatic rings. The Bertz CT molecular complexity index is 514. The summed E-state index contributed by atoms with van der Waals surface area (Å²) in [5.41, 5.74) is 5.37. The van der Waals surface area contributed by atoms with E-state index in [1.165, 1.54) is 17.8 Å². The van der Waals surface area contributed by atoms with Crippen LogP contribution in [0.4, 0.5) is 8.78 Å². The lowest BCUT2D eigenvalue weighted by molar-refractivity contribution is -0.120. The van der Waals surface area contributed by atoms with Gasteiger partial charge in [-0.15, -0.1) is 24.2 Å². The van der Waals surface area contributed by atoms with Gasteiger partial charge in [0.05, 0.1) is 11.3 Å². The summed E-state index contributed by atoms with van der Waals surface area (Å²) in [6.45, 7) is 2.35. The lowest BCUT2D eigenvalue weighted by Gasteiger charge is -2.29. The lowest BCUT2D eigenvalue weighted by Crippen LogP contribution is -2.53. The zero-order chi connectivity index (χ0) is 14.8. The molecule has 0 aliphatic heterocycles. The topological polar surface area (TPSA) is 55.1 Å². The van der Waals surface area contributed by atoms with Crippen molar-refractivity contribution in [3.63, 3.8) is 0 Å². The molecule has 1 aromatic carbocycles. The molecule has 1 amide bonds. The highest BCUT2D eigenvalue weighted by Crippen LogP contribution is 2.39. The van der Waals surface area contributed by atoms with Gasteiger partial charge < -0.3 is 11.1 Å². The predicted octanol–water partition coefficient (Wildman–Crippen LogP) is 2.72. The molecule has 1 unspecified atom stereocenters. The summed E-state index contributed by atoms with van der Waals surface area (Å²) in [6, 6.07) is 3.61. The van der Waals surface area contributed by atoms with E-state index in [1.54, 1.807) is 0 Å². The number of hydrogen-bond acceptors (Lipinski definition) is 3. The van der Waals surface area contributed by atoms with Gasteiger partial charge in [-0.3, -0.25) is 4.79 Å². The van der Waals surface area contributed by atoms with Crippen molar-refractivity contribution in [2.24, 2.45) is 11.7 Å². The molecule has 0 bridgehead atoms. The maximum absolute atomic E-state index is 13.0. The third-order valence-electron chi connectivity index (χ3n) is 3.59. The average molecular weight is 337 g/mol. The highest BCUT2D eigenvalue weighted by Gasteiger charge is 2.41. The van der Waals surface area contributed by atoms with Gasteiger partial charge in [-0.05, 0) is 43.9 Å². The van der Waals surface area contributed by atoms with Crippen LogP contribution in [0.1, 0.15) is 19.8 Å². The van der Waals surface area contributed by atoms with Crippen molar-refractivity contribution in [2.75, 3.05) is 12.3 Å². The van der Waals surface area contributed by atoms with Crippen LogP contribution < -0.4 is 11.1 Å². The monoisotopic (exact) mass is 336 g/mol. The molecule has 0 spiro atoms. The summed E-state index contributed by atoms with van der Waals surface area (Å²) in [4.78, 5) is 12.4. The van der Waals surface area contributed by atoms with E-state index in [4.69, 9.17) is 5.73 Å². The van der Waals surface area contributed by atoms with Crippen LogP contribution in [0.15, 0.2) is 23.1 Å². The van der Waals surface area contributed by atoms with Crippen LogP contribution in [0.2, 0.25) is 0 Å². The van der Waals surface area contributed by atoms with E-state index < -0.39 is 11.6 Å². The van der Waals surface area contributed by atoms with Gasteiger partial charge in [0.1, 0.15) is 0 Å². The first-order valence-corrected chi connectivity index (χ1v) is 7.52. The molecule has 0 aromatic heterocycles. The summed E-state index contributed by atoms with van der Waals surface area (Å²) < 4.78 is 25.8. The Morgan fingerprint density at radius 2 is 2.10 bits per heavy atom. The van der Waals surface area contributed by atoms with E-state index in [-0.39, 0.29) is 29.6 Å². The van der Waals surface area contributed by atoms with E-state index in [1.807, 2.05) is 6.92 Å². The second-order valence-corrected chi connectivity index (χ2v) is 6.36. The molecule has 118 valence electrons. The van der Waals surface area contributed by atoms with E-state index in [0.717, 1.165) is 25.0 Å². The van der Waals surface area contributed by atoms with E-state index in [2.05, 4.69) is 5.32 Å². The van der Waals surface area contributed by atoms with Crippen molar-refractivity contribution in [2.45, 2.75) is 30.2 Å². The molecular formula is C14H19ClF2N2OS. The molecular weight excluding hydrogens is 318 g/mol. The first-order chi connectivity index (χ1) is 9.44. The number of amides is 1. The van der Waals surface area contributed by atoms with Gasteiger partial charge in [0.2, 0.25) is 5.91 Å². The molecule has 0 radical (unpaired) electrons. The Labute approximate surface area is 133 Å². The number of halogens is 3. The molecule has 0 heterocycles. The molecule has 3 nitrogen and oxygen atoms in total. The Morgan fingerprint density at radius 3 is 2.62 bits per heavy atom. The molecule has 1 fully saturated rings. The molecule has 7 heteroatoms. The van der Waals surface area contributed by atoms with E-state index >= 15 is 0 Å². The Balaban J connectivity index is 0.00000220. The molecule has 1 atom stereocenters. The van der Waals surface area contributed by atoms with Crippen LogP contribution in [0.3, 0.4) is 0 Å². The van der Waals surface area contributed by atoms with Gasteiger partial charge in [-0.25, -0.2) is 8.78 Å². The maximum Gasteiger partial charge on any atom is 0.230 e. The Hall–Kier alpha value is -0.850. The smallest absolute Gasteiger partial charge is 0.230 e. The van der Waals surface area contributed by atoms with Gasteiger partial charge in [-0.2, -0.15) is 0 Å². The van der Waals surface area contributed by atoms with Crippen molar-refractivity contribution in [3.05, 3.63) is 29.8 Å². The number of thioether (sulfide) groups is 1. The Kier molecular flexibility index (Phi) is 6.43. The minimum atomic E-state index is -0.903. The highest BCUT2D eigenvalue weighted by atomic mass is 35.5. The van der Waals surface area contributed by atoms with Gasteiger partial charge in [0, 0.05) is 11.4 Å². The summed E-state index contributed by atoms with van der Waals surface area (Å²) in [5, 5.41) is 2.95. The third kappa shape index (κ3) is 4.83. The molecule has 1 aromatic rings. The zero-order valence-corrected chi connectivity index (χ0v) is 13.3. The predicted molar refractivity (Wildman–Crippen MR) is 82.7 cm³/mol. The van der Waals surface area contributed by atoms with Crippen LogP contribution in [-0.2, 0) is 4.79 Å². The van der Waals surface area contributed by atoms with Crippen molar-refractivity contribution >= 4 is 30.1 Å². The van der Waals surface area contributed by atoms with Crippen LogP contribution in [-0.4, -0.2) is 23.7 Å². The summed E-state index contributed by atoms with van der Waals surface area (Å²) in [6.07, 6.45) is 2.18. The van der Waals surface area contributed by atoms with Crippen LogP contribution >= 0.6 is 24.2 Å². The van der Waals surface area contributed by atoms with Crippen LogP contribution in [0.5, 0.6) is 0 Å². The molecule has 1 saturated carbocycles. The van der Waals surface area contributed by atoms with Crippen molar-refractivity contribution < 1.29 is 13.6 Å². The van der Waals surface area contributed by atoms with Gasteiger partial charge in [-0.1, -0.05) is 0 Å². The zero-order valence-electron chi connectivity index (χ0n) is 11.7. The van der Waals surface area contributed by atoms with E-state index in [9.17, 15) is 13.6 Å². The number of nitrogens with one attached hydrogen (secondary N) is 1. The molecule has 1 aliphatic carbocycles. The fraction of sp³-hybridized carbons (Fsp3) is 0.500. The van der Waals surface area contributed by atoms with Crippen molar-refractivity contribution in [3.8, 4) is 0 Å². The van der Waals surface area contributed by atoms with Crippen molar-refractivity contribution in [1.29, 1.82) is 0 Å². The third-order valence-corrected chi connectivity index (χ3v) is 4.58. The quantitative estimate of drug-likeness (QED) is 0.785. The normalized spacial score (nSPS) is 16.8. The standard InChI is InChI=1S/C14H18F2N2OS.ClH/c1-14(8-17,9-2-3-9)18-13(19)7-20-10-4-5-11(15)12(16)6-10;/h4-6,9H,2-3,7-8,17H2,1H3,(H,18,19);1H. The van der Waals surface area contributed by atoms with E-state index in [0.29, 0.717) is 17.4 Å². The second-order valence-electron chi connectivity index (χ2n) is 5.31. The molecule has 3 N–H and O–H groups in total. The Morgan fingerprint density at radius 1 is 1.43 bits per heavy atom. The summed E-state index contributed by atoms with van der Waals surface area (Å²) >= 11 is 1.18. The first-order valence-electron chi connectivity index (χ1n) is 6.53. The van der Waals surface area contributed by atoms with Crippen molar-refractivity contribution in [1.82, 2.24) is 5.32 Å². The van der Waals surface area contributed by atoms with Crippen LogP contribution in [0, 0.1) is 17.6 Å². The number of hydrogen-bond donors (Lipinski definition) is 2. The van der Waals surface area contributed by atoms with Gasteiger partial charge in [0.25, 0.3) is 0 Å². The maximum atomic E-state index is 13.0. The van der Waals surface area contributed by atoms with Crippen LogP contribution in [0.25, 0.3) is 0 Å². The second kappa shape index (κ2) is 7.42. The number of rotatable bonds is 6. The van der Waals surface area contributed by atoms with Gasteiger partial charge >= 0.3 is 0 Å². The molecule has 2 rings (SSSR count). The molecule has 0 saturated heterocycles. The minimum Gasteiger partial charge on any atom is -0.349 e. The lowest BCUT2D eigenvalue weighted by atomic mass is 9.96. The summed E-state index contributed by atoms with van der Waals surface area (Å²) in [5.74, 6) is -1.32. The fourth-order valence-electron chi connectivity index (χ4n) is 2.11. The number of carbonyl (C=O) groups is 1. The largest absolute Gasteiger partial charge is 0.349 e. The summed E-state index contributed by atoms with van der Waals surface area (Å²) in [7, 11) is 0. The number of benzene rings is 1. The average Bonchev–Trinajstić information content (AvgIpc) is 3.25. The number of carbonyl (C=O) groups excluding carboxylic acids is 1. The number of nitrogens with two attached hydrogens (primary N) is 1. The SMILES string of the molecule is CC(CN)(NC(=O)CSc1ccc(F)c(F)c1)C1CC1.Cl. The first kappa shape index (κ1) is 18.2. The fourth-order valence-corrected chi connectivity index (χ4v) is 2.83. The van der Waals surface area contributed by atoms with Gasteiger partial charge in [0.15, 0.2) is 11.6 Å². The highest BCUT2D eigenvalue weighted by molar-refractivity contribution is 8.00.